The number of hydrogen-bond donors (Lipinski definition) is 2. The molecule has 7 nitrogen and oxygen atoms in total. The van der Waals surface area contributed by atoms with Crippen molar-refractivity contribution >= 4 is 17.9 Å². The lowest BCUT2D eigenvalue weighted by Gasteiger charge is -2.38. The van der Waals surface area contributed by atoms with Crippen LogP contribution in [0.5, 0.6) is 0 Å². The molecule has 2 heterocycles. The molecule has 0 spiro atoms. The van der Waals surface area contributed by atoms with E-state index in [4.69, 9.17) is 10.8 Å². The number of likely N-dealkylation sites (tertiary alicyclic amines) is 2. The summed E-state index contributed by atoms with van der Waals surface area (Å²) in [6.07, 6.45) is 1.58. The van der Waals surface area contributed by atoms with E-state index in [9.17, 15) is 14.4 Å². The van der Waals surface area contributed by atoms with Crippen LogP contribution < -0.4 is 5.73 Å². The number of carboxylic acids is 1. The Balaban J connectivity index is 1.94. The molecule has 7 heteroatoms. The molecule has 3 unspecified atom stereocenters. The molecular formula is C13H21N3O4. The Morgan fingerprint density at radius 3 is 2.30 bits per heavy atom. The summed E-state index contributed by atoms with van der Waals surface area (Å²) in [6, 6.07) is -0.199. The van der Waals surface area contributed by atoms with Crippen molar-refractivity contribution in [3.63, 3.8) is 0 Å². The quantitative estimate of drug-likeness (QED) is 0.750. The number of carboxylic acid groups (broad SMARTS) is 1. The molecule has 0 saturated carbocycles. The fourth-order valence-corrected chi connectivity index (χ4v) is 3.03. The van der Waals surface area contributed by atoms with Crippen molar-refractivity contribution < 1.29 is 19.5 Å². The summed E-state index contributed by atoms with van der Waals surface area (Å²) in [5, 5.41) is 9.02. The molecule has 2 fully saturated rings. The number of carbonyl (C=O) groups excluding carboxylic acids is 2. The van der Waals surface area contributed by atoms with Gasteiger partial charge in [-0.15, -0.1) is 0 Å². The molecular weight excluding hydrogens is 262 g/mol. The molecule has 2 rings (SSSR count). The highest BCUT2D eigenvalue weighted by Gasteiger charge is 2.37. The van der Waals surface area contributed by atoms with Gasteiger partial charge in [0.2, 0.25) is 5.91 Å². The molecule has 3 atom stereocenters. The number of aliphatic carboxylic acids is 1. The zero-order chi connectivity index (χ0) is 14.9. The average Bonchev–Trinajstić information content (AvgIpc) is 2.87. The highest BCUT2D eigenvalue weighted by Crippen LogP contribution is 2.26. The van der Waals surface area contributed by atoms with Crippen LogP contribution in [0.1, 0.15) is 26.2 Å². The number of nitrogens with zero attached hydrogens (tertiary/aromatic N) is 2. The lowest BCUT2D eigenvalue weighted by atomic mass is 9.92. The number of rotatable bonds is 2. The molecule has 0 aliphatic carbocycles. The first-order valence-electron chi connectivity index (χ1n) is 6.97. The van der Waals surface area contributed by atoms with Crippen molar-refractivity contribution in [2.75, 3.05) is 19.6 Å². The van der Waals surface area contributed by atoms with Gasteiger partial charge < -0.3 is 20.6 Å². The average molecular weight is 283 g/mol. The van der Waals surface area contributed by atoms with Crippen LogP contribution in [0.3, 0.4) is 0 Å². The maximum atomic E-state index is 12.4. The number of amides is 3. The summed E-state index contributed by atoms with van der Waals surface area (Å²) in [4.78, 5) is 37.9. The molecule has 2 aliphatic heterocycles. The minimum Gasteiger partial charge on any atom is -0.481 e. The Bertz CT molecular complexity index is 426. The van der Waals surface area contributed by atoms with Gasteiger partial charge in [-0.2, -0.15) is 0 Å². The molecule has 0 aromatic carbocycles. The maximum absolute atomic E-state index is 12.4. The molecule has 0 bridgehead atoms. The molecule has 3 N–H and O–H groups in total. The van der Waals surface area contributed by atoms with Crippen molar-refractivity contribution in [1.29, 1.82) is 0 Å². The predicted molar refractivity (Wildman–Crippen MR) is 70.8 cm³/mol. The summed E-state index contributed by atoms with van der Waals surface area (Å²) in [6.45, 7) is 3.24. The lowest BCUT2D eigenvalue weighted by Crippen LogP contribution is -2.51. The van der Waals surface area contributed by atoms with Crippen LogP contribution in [0, 0.1) is 11.8 Å². The molecule has 3 amide bonds. The molecule has 0 aromatic heterocycles. The van der Waals surface area contributed by atoms with Crippen molar-refractivity contribution in [2.45, 2.75) is 32.2 Å². The first-order valence-corrected chi connectivity index (χ1v) is 6.97. The Morgan fingerprint density at radius 2 is 1.80 bits per heavy atom. The first kappa shape index (κ1) is 14.6. The van der Waals surface area contributed by atoms with Crippen LogP contribution in [0.4, 0.5) is 4.79 Å². The van der Waals surface area contributed by atoms with E-state index in [0.29, 0.717) is 38.9 Å². The van der Waals surface area contributed by atoms with Crippen molar-refractivity contribution in [3.05, 3.63) is 0 Å². The Morgan fingerprint density at radius 1 is 1.15 bits per heavy atom. The maximum Gasteiger partial charge on any atom is 0.320 e. The van der Waals surface area contributed by atoms with Crippen LogP contribution in [0.2, 0.25) is 0 Å². The summed E-state index contributed by atoms with van der Waals surface area (Å²) in [7, 11) is 0. The zero-order valence-electron chi connectivity index (χ0n) is 11.6. The van der Waals surface area contributed by atoms with Crippen LogP contribution in [-0.2, 0) is 9.59 Å². The van der Waals surface area contributed by atoms with Gasteiger partial charge in [0, 0.05) is 25.7 Å². The van der Waals surface area contributed by atoms with Gasteiger partial charge in [0.1, 0.15) is 0 Å². The van der Waals surface area contributed by atoms with E-state index in [1.165, 1.54) is 0 Å². The van der Waals surface area contributed by atoms with E-state index in [0.717, 1.165) is 0 Å². The Labute approximate surface area is 117 Å². The second-order valence-electron chi connectivity index (χ2n) is 5.72. The van der Waals surface area contributed by atoms with Gasteiger partial charge in [-0.05, 0) is 26.2 Å². The van der Waals surface area contributed by atoms with E-state index >= 15 is 0 Å². The van der Waals surface area contributed by atoms with E-state index in [2.05, 4.69) is 0 Å². The van der Waals surface area contributed by atoms with Gasteiger partial charge in [-0.1, -0.05) is 0 Å². The van der Waals surface area contributed by atoms with Gasteiger partial charge in [0.15, 0.2) is 0 Å². The van der Waals surface area contributed by atoms with Gasteiger partial charge in [0.05, 0.1) is 11.8 Å². The number of carbonyl (C=O) groups is 3. The van der Waals surface area contributed by atoms with Gasteiger partial charge in [-0.3, -0.25) is 9.59 Å². The number of urea groups is 1. The summed E-state index contributed by atoms with van der Waals surface area (Å²) in [5.74, 6) is -1.78. The topological polar surface area (TPSA) is 104 Å². The highest BCUT2D eigenvalue weighted by atomic mass is 16.4. The third kappa shape index (κ3) is 2.86. The fraction of sp³-hybridized carbons (Fsp3) is 0.769. The van der Waals surface area contributed by atoms with E-state index < -0.39 is 5.97 Å². The molecule has 112 valence electrons. The summed E-state index contributed by atoms with van der Waals surface area (Å²) < 4.78 is 0. The van der Waals surface area contributed by atoms with Crippen LogP contribution in [-0.4, -0.2) is 58.5 Å². The van der Waals surface area contributed by atoms with Crippen LogP contribution in [0.15, 0.2) is 0 Å². The molecule has 0 aromatic rings. The summed E-state index contributed by atoms with van der Waals surface area (Å²) >= 11 is 0. The highest BCUT2D eigenvalue weighted by molar-refractivity contribution is 5.80. The monoisotopic (exact) mass is 283 g/mol. The number of primary amides is 1. The second kappa shape index (κ2) is 5.68. The Kier molecular flexibility index (Phi) is 4.15. The third-order valence-electron chi connectivity index (χ3n) is 4.33. The lowest BCUT2D eigenvalue weighted by molar-refractivity contribution is -0.143. The standard InChI is InChI=1S/C13H21N3O4/c1-8-6-9(12(18)19)3-5-16(8)13(20)15-4-2-10(7-15)11(14)17/h8-10H,2-7H2,1H3,(H2,14,17)(H,18,19). The first-order chi connectivity index (χ1) is 9.40. The normalized spacial score (nSPS) is 30.4. The largest absolute Gasteiger partial charge is 0.481 e. The number of piperidine rings is 1. The third-order valence-corrected chi connectivity index (χ3v) is 4.33. The smallest absolute Gasteiger partial charge is 0.320 e. The van der Waals surface area contributed by atoms with Crippen LogP contribution in [0.25, 0.3) is 0 Å². The SMILES string of the molecule is CC1CC(C(=O)O)CCN1C(=O)N1CCC(C(N)=O)C1. The van der Waals surface area contributed by atoms with Crippen molar-refractivity contribution in [3.8, 4) is 0 Å². The number of hydrogen-bond acceptors (Lipinski definition) is 3. The van der Waals surface area contributed by atoms with Gasteiger partial charge in [-0.25, -0.2) is 4.79 Å². The Hall–Kier alpha value is -1.79. The van der Waals surface area contributed by atoms with Gasteiger partial charge in [0.25, 0.3) is 0 Å². The minimum atomic E-state index is -0.793. The predicted octanol–water partition coefficient (Wildman–Crippen LogP) is 0.0987. The molecule has 20 heavy (non-hydrogen) atoms. The van der Waals surface area contributed by atoms with E-state index in [1.54, 1.807) is 9.80 Å². The van der Waals surface area contributed by atoms with E-state index in [1.807, 2.05) is 6.92 Å². The van der Waals surface area contributed by atoms with Gasteiger partial charge >= 0.3 is 12.0 Å². The van der Waals surface area contributed by atoms with Crippen LogP contribution >= 0.6 is 0 Å². The van der Waals surface area contributed by atoms with Crippen molar-refractivity contribution in [1.82, 2.24) is 9.80 Å². The van der Waals surface area contributed by atoms with E-state index in [-0.39, 0.29) is 29.8 Å². The summed E-state index contributed by atoms with van der Waals surface area (Å²) in [5.41, 5.74) is 5.26. The molecule has 0 radical (unpaired) electrons. The minimum absolute atomic E-state index is 0.0926. The molecule has 2 aliphatic rings. The number of nitrogens with two attached hydrogens (primary N) is 1. The fourth-order valence-electron chi connectivity index (χ4n) is 3.03. The molecule has 2 saturated heterocycles. The second-order valence-corrected chi connectivity index (χ2v) is 5.72. The van der Waals surface area contributed by atoms with Crippen molar-refractivity contribution in [2.24, 2.45) is 17.6 Å². The zero-order valence-corrected chi connectivity index (χ0v) is 11.6.